The van der Waals surface area contributed by atoms with Crippen molar-refractivity contribution in [2.75, 3.05) is 13.4 Å². The quantitative estimate of drug-likeness (QED) is 0.419. The van der Waals surface area contributed by atoms with Gasteiger partial charge in [-0.2, -0.15) is 0 Å². The van der Waals surface area contributed by atoms with Gasteiger partial charge in [-0.1, -0.05) is 55.3 Å². The summed E-state index contributed by atoms with van der Waals surface area (Å²) in [6, 6.07) is 10.5. The number of carbonyl (C=O) groups excluding carboxylic acids is 1. The molecule has 0 saturated heterocycles. The molecule has 0 N–H and O–H groups in total. The van der Waals surface area contributed by atoms with Crippen molar-refractivity contribution in [1.82, 2.24) is 4.57 Å². The van der Waals surface area contributed by atoms with Crippen LogP contribution >= 0.6 is 43.2 Å². The first-order valence-electron chi connectivity index (χ1n) is 10.4. The molecule has 0 bridgehead atoms. The molecule has 1 atom stereocenters. The van der Waals surface area contributed by atoms with Crippen LogP contribution in [-0.2, 0) is 9.53 Å². The van der Waals surface area contributed by atoms with Gasteiger partial charge in [0.1, 0.15) is 0 Å². The summed E-state index contributed by atoms with van der Waals surface area (Å²) in [5, 5.41) is 0. The number of ether oxygens (including phenoxy) is 3. The highest BCUT2D eigenvalue weighted by Crippen LogP contribution is 2.37. The molecule has 0 spiro atoms. The van der Waals surface area contributed by atoms with Crippen LogP contribution < -0.4 is 24.4 Å². The summed E-state index contributed by atoms with van der Waals surface area (Å²) in [6.45, 7) is 3.91. The van der Waals surface area contributed by atoms with E-state index in [0.29, 0.717) is 32.1 Å². The summed E-state index contributed by atoms with van der Waals surface area (Å²) in [5.41, 5.74) is 2.21. The van der Waals surface area contributed by atoms with Gasteiger partial charge in [0.25, 0.3) is 5.56 Å². The SMILES string of the molecule is CCOC(=O)C1=C(C)N=c2s/c(=C\c3cc4c(cc3Br)OCO4)c(=O)n2[C@@H]1c1ccc(Br)cc1. The minimum absolute atomic E-state index is 0.163. The van der Waals surface area contributed by atoms with E-state index in [1.165, 1.54) is 11.3 Å². The highest BCUT2D eigenvalue weighted by molar-refractivity contribution is 9.10. The summed E-state index contributed by atoms with van der Waals surface area (Å²) in [7, 11) is 0. The second kappa shape index (κ2) is 9.16. The van der Waals surface area contributed by atoms with Crippen molar-refractivity contribution in [3.8, 4) is 11.5 Å². The van der Waals surface area contributed by atoms with Gasteiger partial charge in [0.05, 0.1) is 28.5 Å². The van der Waals surface area contributed by atoms with E-state index in [-0.39, 0.29) is 19.0 Å². The molecular weight excluding hydrogens is 588 g/mol. The summed E-state index contributed by atoms with van der Waals surface area (Å²) >= 11 is 8.27. The number of benzene rings is 2. The maximum absolute atomic E-state index is 13.7. The van der Waals surface area contributed by atoms with Gasteiger partial charge < -0.3 is 14.2 Å². The van der Waals surface area contributed by atoms with Gasteiger partial charge >= 0.3 is 5.97 Å². The number of esters is 1. The predicted octanol–water partition coefficient (Wildman–Crippen LogP) is 4.05. The molecule has 3 heterocycles. The highest BCUT2D eigenvalue weighted by atomic mass is 79.9. The topological polar surface area (TPSA) is 79.1 Å². The molecule has 0 radical (unpaired) electrons. The molecule has 1 aromatic heterocycles. The van der Waals surface area contributed by atoms with Crippen LogP contribution in [0.3, 0.4) is 0 Å². The fraction of sp³-hybridized carbons (Fsp3) is 0.208. The lowest BCUT2D eigenvalue weighted by Crippen LogP contribution is -2.39. The van der Waals surface area contributed by atoms with Gasteiger partial charge in [0.15, 0.2) is 16.3 Å². The van der Waals surface area contributed by atoms with Crippen LogP contribution in [-0.4, -0.2) is 23.9 Å². The van der Waals surface area contributed by atoms with E-state index in [0.717, 1.165) is 20.1 Å². The number of thiazole rings is 1. The van der Waals surface area contributed by atoms with Crippen molar-refractivity contribution in [1.29, 1.82) is 0 Å². The molecule has 0 amide bonds. The molecule has 3 aromatic rings. The zero-order chi connectivity index (χ0) is 24.0. The Bertz CT molecular complexity index is 1520. The number of rotatable bonds is 4. The van der Waals surface area contributed by atoms with E-state index in [1.807, 2.05) is 36.4 Å². The average molecular weight is 606 g/mol. The van der Waals surface area contributed by atoms with Gasteiger partial charge in [-0.15, -0.1) is 0 Å². The van der Waals surface area contributed by atoms with Gasteiger partial charge in [-0.05, 0) is 55.3 Å². The summed E-state index contributed by atoms with van der Waals surface area (Å²) in [6.07, 6.45) is 1.79. The molecular formula is C24H18Br2N2O5S. The van der Waals surface area contributed by atoms with E-state index in [1.54, 1.807) is 24.5 Å². The van der Waals surface area contributed by atoms with Crippen molar-refractivity contribution < 1.29 is 19.0 Å². The first kappa shape index (κ1) is 23.1. The molecule has 34 heavy (non-hydrogen) atoms. The number of aromatic nitrogens is 1. The van der Waals surface area contributed by atoms with Crippen LogP contribution in [0.1, 0.15) is 31.0 Å². The minimum atomic E-state index is -0.647. The molecule has 174 valence electrons. The lowest BCUT2D eigenvalue weighted by atomic mass is 9.96. The van der Waals surface area contributed by atoms with Gasteiger partial charge in [-0.25, -0.2) is 9.79 Å². The normalized spacial score (nSPS) is 16.9. The van der Waals surface area contributed by atoms with E-state index < -0.39 is 12.0 Å². The van der Waals surface area contributed by atoms with E-state index in [4.69, 9.17) is 14.2 Å². The number of nitrogens with zero attached hydrogens (tertiary/aromatic N) is 2. The standard InChI is InChI=1S/C24H18Br2N2O5S/c1-3-31-23(30)20-12(2)27-24-28(21(20)13-4-6-15(25)7-5-13)22(29)19(34-24)9-14-8-17-18(10-16(14)26)33-11-32-17/h4-10,21H,3,11H2,1-2H3/b19-9-/t21-/m1/s1. The van der Waals surface area contributed by atoms with Crippen molar-refractivity contribution in [2.45, 2.75) is 19.9 Å². The highest BCUT2D eigenvalue weighted by Gasteiger charge is 2.33. The largest absolute Gasteiger partial charge is 0.463 e. The Morgan fingerprint density at radius 1 is 1.24 bits per heavy atom. The second-order valence-electron chi connectivity index (χ2n) is 7.58. The van der Waals surface area contributed by atoms with Gasteiger partial charge in [-0.3, -0.25) is 9.36 Å². The summed E-state index contributed by atoms with van der Waals surface area (Å²) in [5.74, 6) is 0.787. The third-order valence-corrected chi connectivity index (χ3v) is 7.68. The average Bonchev–Trinajstić information content (AvgIpc) is 3.37. The molecule has 2 aliphatic heterocycles. The lowest BCUT2D eigenvalue weighted by molar-refractivity contribution is -0.139. The molecule has 5 rings (SSSR count). The lowest BCUT2D eigenvalue weighted by Gasteiger charge is -2.24. The number of hydrogen-bond donors (Lipinski definition) is 0. The molecule has 0 saturated carbocycles. The van der Waals surface area contributed by atoms with Crippen LogP contribution in [0.25, 0.3) is 6.08 Å². The van der Waals surface area contributed by atoms with Crippen LogP contribution in [0.2, 0.25) is 0 Å². The Balaban J connectivity index is 1.71. The number of hydrogen-bond acceptors (Lipinski definition) is 7. The second-order valence-corrected chi connectivity index (χ2v) is 10.4. The number of carbonyl (C=O) groups is 1. The number of fused-ring (bicyclic) bond motifs is 2. The zero-order valence-electron chi connectivity index (χ0n) is 18.1. The number of halogens is 2. The summed E-state index contributed by atoms with van der Waals surface area (Å²) < 4.78 is 19.9. The Morgan fingerprint density at radius 3 is 2.65 bits per heavy atom. The van der Waals surface area contributed by atoms with Crippen molar-refractivity contribution >= 4 is 55.2 Å². The minimum Gasteiger partial charge on any atom is -0.463 e. The third-order valence-electron chi connectivity index (χ3n) is 5.48. The Labute approximate surface area is 215 Å². The molecule has 0 fully saturated rings. The maximum atomic E-state index is 13.7. The number of allylic oxidation sites excluding steroid dienone is 1. The van der Waals surface area contributed by atoms with Crippen molar-refractivity contribution in [3.63, 3.8) is 0 Å². The van der Waals surface area contributed by atoms with E-state index in [9.17, 15) is 9.59 Å². The first-order valence-corrected chi connectivity index (χ1v) is 12.8. The molecule has 2 aliphatic rings. The Hall–Kier alpha value is -2.69. The fourth-order valence-corrected chi connectivity index (χ4v) is 5.68. The maximum Gasteiger partial charge on any atom is 0.338 e. The van der Waals surface area contributed by atoms with Gasteiger partial charge in [0, 0.05) is 8.95 Å². The monoisotopic (exact) mass is 604 g/mol. The van der Waals surface area contributed by atoms with Crippen molar-refractivity contribution in [3.05, 3.63) is 87.4 Å². The van der Waals surface area contributed by atoms with Crippen LogP contribution in [0, 0.1) is 0 Å². The van der Waals surface area contributed by atoms with E-state index >= 15 is 0 Å². The van der Waals surface area contributed by atoms with Gasteiger partial charge in [0.2, 0.25) is 6.79 Å². The third kappa shape index (κ3) is 4.03. The predicted molar refractivity (Wildman–Crippen MR) is 135 cm³/mol. The zero-order valence-corrected chi connectivity index (χ0v) is 22.1. The Kier molecular flexibility index (Phi) is 6.22. The first-order chi connectivity index (χ1) is 16.4. The van der Waals surface area contributed by atoms with Crippen LogP contribution in [0.5, 0.6) is 11.5 Å². The van der Waals surface area contributed by atoms with Crippen molar-refractivity contribution in [2.24, 2.45) is 4.99 Å². The smallest absolute Gasteiger partial charge is 0.338 e. The summed E-state index contributed by atoms with van der Waals surface area (Å²) in [4.78, 5) is 31.7. The van der Waals surface area contributed by atoms with Crippen LogP contribution in [0.15, 0.2) is 66.4 Å². The molecule has 7 nitrogen and oxygen atoms in total. The Morgan fingerprint density at radius 2 is 1.94 bits per heavy atom. The fourth-order valence-electron chi connectivity index (χ4n) is 3.94. The molecule has 0 unspecified atom stereocenters. The molecule has 10 heteroatoms. The van der Waals surface area contributed by atoms with Crippen LogP contribution in [0.4, 0.5) is 0 Å². The molecule has 0 aliphatic carbocycles. The van der Waals surface area contributed by atoms with E-state index in [2.05, 4.69) is 36.9 Å². The molecule has 2 aromatic carbocycles.